The van der Waals surface area contributed by atoms with Crippen LogP contribution < -0.4 is 15.8 Å². The van der Waals surface area contributed by atoms with E-state index in [2.05, 4.69) is 20.8 Å². The number of nitrogens with zero attached hydrogens (tertiary/aromatic N) is 4. The number of hydrogen-bond donors (Lipinski definition) is 2. The third-order valence-electron chi connectivity index (χ3n) is 3.50. The molecule has 2 aromatic rings. The van der Waals surface area contributed by atoms with Crippen LogP contribution in [0, 0.1) is 0 Å². The summed E-state index contributed by atoms with van der Waals surface area (Å²) in [7, 11) is 1.59. The number of rotatable bonds is 6. The van der Waals surface area contributed by atoms with Gasteiger partial charge in [-0.3, -0.25) is 4.79 Å². The average Bonchev–Trinajstić information content (AvgIpc) is 3.24. The van der Waals surface area contributed by atoms with E-state index >= 15 is 0 Å². The first-order valence-corrected chi connectivity index (χ1v) is 7.19. The number of tetrazole rings is 1. The summed E-state index contributed by atoms with van der Waals surface area (Å²) >= 11 is 0. The molecule has 1 aliphatic rings. The lowest BCUT2D eigenvalue weighted by molar-refractivity contribution is -0.116. The van der Waals surface area contributed by atoms with Crippen molar-refractivity contribution in [2.24, 2.45) is 5.73 Å². The van der Waals surface area contributed by atoms with Crippen LogP contribution in [-0.2, 0) is 4.79 Å². The lowest BCUT2D eigenvalue weighted by Crippen LogP contribution is -2.16. The van der Waals surface area contributed by atoms with Crippen LogP contribution in [-0.4, -0.2) is 39.8 Å². The van der Waals surface area contributed by atoms with E-state index in [0.29, 0.717) is 29.6 Å². The van der Waals surface area contributed by atoms with Gasteiger partial charge in [0.1, 0.15) is 11.4 Å². The minimum absolute atomic E-state index is 0. The zero-order valence-corrected chi connectivity index (χ0v) is 13.5. The molecule has 1 heterocycles. The van der Waals surface area contributed by atoms with Gasteiger partial charge in [0.15, 0.2) is 5.82 Å². The molecule has 1 amide bonds. The van der Waals surface area contributed by atoms with Crippen molar-refractivity contribution in [2.45, 2.75) is 25.2 Å². The average molecular weight is 339 g/mol. The first-order valence-electron chi connectivity index (χ1n) is 7.19. The van der Waals surface area contributed by atoms with Crippen molar-refractivity contribution in [3.05, 3.63) is 24.0 Å². The molecule has 0 spiro atoms. The number of anilines is 1. The summed E-state index contributed by atoms with van der Waals surface area (Å²) in [4.78, 5) is 11.7. The number of carbonyl (C=O) groups excluding carboxylic acids is 1. The van der Waals surface area contributed by atoms with Gasteiger partial charge in [-0.15, -0.1) is 17.5 Å². The maximum Gasteiger partial charge on any atom is 0.225 e. The van der Waals surface area contributed by atoms with Crippen molar-refractivity contribution in [1.82, 2.24) is 20.2 Å². The Morgan fingerprint density at radius 3 is 2.91 bits per heavy atom. The summed E-state index contributed by atoms with van der Waals surface area (Å²) < 4.78 is 7.06. The fraction of sp³-hybridized carbons (Fsp3) is 0.429. The highest BCUT2D eigenvalue weighted by Gasteiger charge is 2.30. The molecule has 23 heavy (non-hydrogen) atoms. The molecule has 8 nitrogen and oxygen atoms in total. The van der Waals surface area contributed by atoms with E-state index in [-0.39, 0.29) is 24.7 Å². The van der Waals surface area contributed by atoms with Gasteiger partial charge in [0.2, 0.25) is 5.91 Å². The van der Waals surface area contributed by atoms with Gasteiger partial charge < -0.3 is 15.8 Å². The largest absolute Gasteiger partial charge is 0.494 e. The highest BCUT2D eigenvalue weighted by atomic mass is 35.5. The fourth-order valence-electron chi connectivity index (χ4n) is 2.25. The number of ether oxygens (including phenoxy) is 1. The molecule has 1 saturated carbocycles. The molecule has 3 N–H and O–H groups in total. The van der Waals surface area contributed by atoms with Crippen LogP contribution in [0.3, 0.4) is 0 Å². The molecule has 1 aliphatic carbocycles. The van der Waals surface area contributed by atoms with Crippen molar-refractivity contribution < 1.29 is 9.53 Å². The number of aromatic nitrogens is 4. The molecular formula is C14H19ClN6O2. The molecule has 0 radical (unpaired) electrons. The Bertz CT molecular complexity index is 686. The first-order chi connectivity index (χ1) is 10.7. The molecule has 1 aromatic carbocycles. The van der Waals surface area contributed by atoms with Gasteiger partial charge in [0.05, 0.1) is 7.11 Å². The summed E-state index contributed by atoms with van der Waals surface area (Å²) in [5.41, 5.74) is 6.75. The Morgan fingerprint density at radius 2 is 2.26 bits per heavy atom. The number of halogens is 1. The highest BCUT2D eigenvalue weighted by molar-refractivity contribution is 5.91. The van der Waals surface area contributed by atoms with Crippen LogP contribution in [0.5, 0.6) is 5.75 Å². The molecule has 1 fully saturated rings. The Balaban J connectivity index is 0.00000192. The second-order valence-electron chi connectivity index (χ2n) is 5.20. The van der Waals surface area contributed by atoms with Gasteiger partial charge in [-0.2, -0.15) is 4.68 Å². The number of benzene rings is 1. The highest BCUT2D eigenvalue weighted by Crippen LogP contribution is 2.40. The molecule has 0 atom stereocenters. The summed E-state index contributed by atoms with van der Waals surface area (Å²) in [5, 5.41) is 14.7. The van der Waals surface area contributed by atoms with Gasteiger partial charge in [-0.05, 0) is 41.5 Å². The van der Waals surface area contributed by atoms with E-state index in [1.807, 2.05) is 0 Å². The fourth-order valence-corrected chi connectivity index (χ4v) is 2.25. The maximum atomic E-state index is 11.7. The van der Waals surface area contributed by atoms with E-state index in [1.165, 1.54) is 0 Å². The summed E-state index contributed by atoms with van der Waals surface area (Å²) in [6.45, 7) is 0.313. The Labute approximate surface area is 139 Å². The third-order valence-corrected chi connectivity index (χ3v) is 3.50. The van der Waals surface area contributed by atoms with Gasteiger partial charge in [-0.25, -0.2) is 0 Å². The normalized spacial score (nSPS) is 13.3. The second-order valence-corrected chi connectivity index (χ2v) is 5.20. The van der Waals surface area contributed by atoms with E-state index in [9.17, 15) is 4.79 Å². The van der Waals surface area contributed by atoms with Gasteiger partial charge >= 0.3 is 0 Å². The monoisotopic (exact) mass is 338 g/mol. The van der Waals surface area contributed by atoms with Crippen LogP contribution >= 0.6 is 12.4 Å². The number of amides is 1. The van der Waals surface area contributed by atoms with E-state index in [4.69, 9.17) is 10.5 Å². The van der Waals surface area contributed by atoms with Crippen molar-refractivity contribution in [3.63, 3.8) is 0 Å². The van der Waals surface area contributed by atoms with Crippen LogP contribution in [0.15, 0.2) is 18.2 Å². The smallest absolute Gasteiger partial charge is 0.225 e. The van der Waals surface area contributed by atoms with E-state index in [1.54, 1.807) is 30.0 Å². The van der Waals surface area contributed by atoms with Gasteiger partial charge in [0, 0.05) is 24.6 Å². The predicted octanol–water partition coefficient (Wildman–Crippen LogP) is 1.26. The van der Waals surface area contributed by atoms with Crippen molar-refractivity contribution >= 4 is 24.0 Å². The number of nitrogens with one attached hydrogen (secondary N) is 1. The number of carbonyl (C=O) groups is 1. The summed E-state index contributed by atoms with van der Waals surface area (Å²) in [5.74, 6) is 1.74. The molecular weight excluding hydrogens is 320 g/mol. The Morgan fingerprint density at radius 1 is 1.48 bits per heavy atom. The molecule has 3 rings (SSSR count). The zero-order valence-electron chi connectivity index (χ0n) is 12.7. The quantitative estimate of drug-likeness (QED) is 0.820. The second kappa shape index (κ2) is 7.38. The maximum absolute atomic E-state index is 11.7. The van der Waals surface area contributed by atoms with Gasteiger partial charge in [-0.1, -0.05) is 0 Å². The van der Waals surface area contributed by atoms with Crippen LogP contribution in [0.25, 0.3) is 5.69 Å². The number of hydrogen-bond acceptors (Lipinski definition) is 6. The molecule has 0 bridgehead atoms. The minimum Gasteiger partial charge on any atom is -0.494 e. The number of nitrogens with two attached hydrogens (primary N) is 1. The topological polar surface area (TPSA) is 108 Å². The lowest BCUT2D eigenvalue weighted by Gasteiger charge is -2.12. The molecule has 0 aliphatic heterocycles. The molecule has 0 unspecified atom stereocenters. The minimum atomic E-state index is -0.127. The zero-order chi connectivity index (χ0) is 15.5. The van der Waals surface area contributed by atoms with E-state index in [0.717, 1.165) is 18.7 Å². The standard InChI is InChI=1S/C14H18N6O2.ClH/c1-22-12-5-4-10(16-13(21)6-7-15)8-11(12)20-14(9-2-3-9)17-18-19-20;/h4-5,8-9H,2-3,6-7,15H2,1H3,(H,16,21);1H. The van der Waals surface area contributed by atoms with Crippen molar-refractivity contribution in [2.75, 3.05) is 19.0 Å². The molecule has 1 aromatic heterocycles. The molecule has 0 saturated heterocycles. The first kappa shape index (κ1) is 17.2. The molecule has 124 valence electrons. The predicted molar refractivity (Wildman–Crippen MR) is 87.2 cm³/mol. The summed E-state index contributed by atoms with van der Waals surface area (Å²) in [6.07, 6.45) is 2.46. The number of methoxy groups -OCH3 is 1. The lowest BCUT2D eigenvalue weighted by atomic mass is 10.2. The van der Waals surface area contributed by atoms with E-state index < -0.39 is 0 Å². The van der Waals surface area contributed by atoms with Gasteiger partial charge in [0.25, 0.3) is 0 Å². The SMILES string of the molecule is COc1ccc(NC(=O)CCN)cc1-n1nnnc1C1CC1.Cl. The Hall–Kier alpha value is -2.19. The molecule has 9 heteroatoms. The summed E-state index contributed by atoms with van der Waals surface area (Å²) in [6, 6.07) is 5.36. The van der Waals surface area contributed by atoms with Crippen LogP contribution in [0.2, 0.25) is 0 Å². The van der Waals surface area contributed by atoms with Crippen LogP contribution in [0.4, 0.5) is 5.69 Å². The van der Waals surface area contributed by atoms with Crippen molar-refractivity contribution in [3.8, 4) is 11.4 Å². The third kappa shape index (κ3) is 3.77. The Kier molecular flexibility index (Phi) is 5.51. The van der Waals surface area contributed by atoms with Crippen LogP contribution in [0.1, 0.15) is 31.0 Å². The van der Waals surface area contributed by atoms with Crippen molar-refractivity contribution in [1.29, 1.82) is 0 Å².